The van der Waals surface area contributed by atoms with E-state index < -0.39 is 0 Å². The largest absolute Gasteiger partial charge is 0.370 e. The fourth-order valence-corrected chi connectivity index (χ4v) is 0.920. The fraction of sp³-hybridized carbons (Fsp3) is 0.111. The molecule has 0 aromatic heterocycles. The molecule has 63 valence electrons. The maximum atomic E-state index is 6.96. The molecular weight excluding hydrogens is 150 g/mol. The molecule has 0 saturated carbocycles. The molecule has 0 aliphatic carbocycles. The zero-order chi connectivity index (χ0) is 8.97. The first kappa shape index (κ1) is 8.59. The summed E-state index contributed by atoms with van der Waals surface area (Å²) in [5, 5.41) is 9.68. The third-order valence-electron chi connectivity index (χ3n) is 1.59. The second kappa shape index (κ2) is 3.76. The van der Waals surface area contributed by atoms with Crippen LogP contribution in [0, 0.1) is 12.3 Å². The van der Waals surface area contributed by atoms with Crippen molar-refractivity contribution in [1.82, 2.24) is 5.32 Å². The van der Waals surface area contributed by atoms with Gasteiger partial charge >= 0.3 is 0 Å². The lowest BCUT2D eigenvalue weighted by Gasteiger charge is -2.05. The average molecular weight is 162 g/mol. The summed E-state index contributed by atoms with van der Waals surface area (Å²) in [5.74, 6) is -0.0155. The highest BCUT2D eigenvalue weighted by atomic mass is 15.0. The molecule has 0 saturated heterocycles. The normalized spacial score (nSPS) is 9.42. The Bertz CT molecular complexity index is 281. The van der Waals surface area contributed by atoms with Gasteiger partial charge in [0.15, 0.2) is 5.96 Å². The third kappa shape index (κ3) is 2.27. The minimum Gasteiger partial charge on any atom is -0.370 e. The number of hydrogen-bond acceptors (Lipinski definition) is 1. The van der Waals surface area contributed by atoms with Gasteiger partial charge in [0, 0.05) is 6.54 Å². The van der Waals surface area contributed by atoms with E-state index in [0.29, 0.717) is 6.54 Å². The Balaban J connectivity index is 2.63. The van der Waals surface area contributed by atoms with Gasteiger partial charge < -0.3 is 11.1 Å². The molecule has 0 heterocycles. The van der Waals surface area contributed by atoms with E-state index in [1.165, 1.54) is 0 Å². The molecule has 0 spiro atoms. The molecule has 0 aliphatic heterocycles. The van der Waals surface area contributed by atoms with E-state index >= 15 is 0 Å². The quantitative estimate of drug-likeness (QED) is 0.446. The lowest BCUT2D eigenvalue weighted by atomic mass is 10.1. The minimum atomic E-state index is -0.0155. The summed E-state index contributed by atoms with van der Waals surface area (Å²) in [7, 11) is 0. The van der Waals surface area contributed by atoms with Crippen molar-refractivity contribution in [3.8, 4) is 0 Å². The molecule has 3 heteroatoms. The van der Waals surface area contributed by atoms with Gasteiger partial charge in [0.2, 0.25) is 0 Å². The molecule has 1 radical (unpaired) electrons. The molecule has 1 rings (SSSR count). The maximum absolute atomic E-state index is 6.96. The number of guanidine groups is 1. The van der Waals surface area contributed by atoms with E-state index in [2.05, 4.69) is 12.2 Å². The van der Waals surface area contributed by atoms with Crippen molar-refractivity contribution in [1.29, 1.82) is 5.41 Å². The molecule has 0 atom stereocenters. The molecule has 0 unspecified atom stereocenters. The van der Waals surface area contributed by atoms with E-state index in [1.54, 1.807) is 0 Å². The summed E-state index contributed by atoms with van der Waals surface area (Å²) in [6.07, 6.45) is 0. The van der Waals surface area contributed by atoms with Crippen molar-refractivity contribution in [2.45, 2.75) is 6.54 Å². The Labute approximate surface area is 72.1 Å². The van der Waals surface area contributed by atoms with Crippen LogP contribution in [0.5, 0.6) is 0 Å². The van der Waals surface area contributed by atoms with Crippen LogP contribution in [0.1, 0.15) is 11.1 Å². The smallest absolute Gasteiger partial charge is 0.185 e. The molecule has 0 fully saturated rings. The lowest BCUT2D eigenvalue weighted by Crippen LogP contribution is -2.29. The highest BCUT2D eigenvalue weighted by Gasteiger charge is 1.95. The van der Waals surface area contributed by atoms with Gasteiger partial charge in [0.1, 0.15) is 0 Å². The number of benzene rings is 1. The van der Waals surface area contributed by atoms with Crippen LogP contribution < -0.4 is 11.1 Å². The van der Waals surface area contributed by atoms with Crippen LogP contribution >= 0.6 is 0 Å². The van der Waals surface area contributed by atoms with Gasteiger partial charge in [-0.15, -0.1) is 0 Å². The second-order valence-electron chi connectivity index (χ2n) is 2.54. The Morgan fingerprint density at radius 3 is 2.75 bits per heavy atom. The number of rotatable bonds is 2. The standard InChI is InChI=1S/C9H12N3/c1-7-4-2-3-5-8(7)6-12-9(10)11/h2-5H,1,6H2,(H4,10,11,12). The first-order valence-corrected chi connectivity index (χ1v) is 3.68. The average Bonchev–Trinajstić information content (AvgIpc) is 2.03. The zero-order valence-electron chi connectivity index (χ0n) is 6.80. The summed E-state index contributed by atoms with van der Waals surface area (Å²) in [5.41, 5.74) is 7.17. The van der Waals surface area contributed by atoms with Crippen LogP contribution in [0.15, 0.2) is 24.3 Å². The van der Waals surface area contributed by atoms with Crippen molar-refractivity contribution in [3.63, 3.8) is 0 Å². The lowest BCUT2D eigenvalue weighted by molar-refractivity contribution is 0.893. The highest BCUT2D eigenvalue weighted by molar-refractivity contribution is 5.74. The Morgan fingerprint density at radius 2 is 2.17 bits per heavy atom. The van der Waals surface area contributed by atoms with Crippen LogP contribution in [-0.2, 0) is 6.54 Å². The summed E-state index contributed by atoms with van der Waals surface area (Å²) >= 11 is 0. The number of nitrogens with one attached hydrogen (secondary N) is 2. The predicted octanol–water partition coefficient (Wildman–Crippen LogP) is 0.852. The van der Waals surface area contributed by atoms with Crippen molar-refractivity contribution in [2.75, 3.05) is 0 Å². The number of hydrogen-bond donors (Lipinski definition) is 3. The van der Waals surface area contributed by atoms with E-state index in [9.17, 15) is 0 Å². The first-order chi connectivity index (χ1) is 5.70. The van der Waals surface area contributed by atoms with Gasteiger partial charge in [-0.2, -0.15) is 0 Å². The molecule has 0 amide bonds. The predicted molar refractivity (Wildman–Crippen MR) is 49.7 cm³/mol. The summed E-state index contributed by atoms with van der Waals surface area (Å²) in [6.45, 7) is 4.41. The highest BCUT2D eigenvalue weighted by Crippen LogP contribution is 2.05. The fourth-order valence-electron chi connectivity index (χ4n) is 0.920. The van der Waals surface area contributed by atoms with E-state index in [1.807, 2.05) is 24.3 Å². The molecular formula is C9H12N3. The van der Waals surface area contributed by atoms with Crippen LogP contribution in [0.2, 0.25) is 0 Å². The van der Waals surface area contributed by atoms with E-state index in [0.717, 1.165) is 11.1 Å². The zero-order valence-corrected chi connectivity index (χ0v) is 6.80. The Morgan fingerprint density at radius 1 is 1.50 bits per heavy atom. The topological polar surface area (TPSA) is 61.9 Å². The summed E-state index contributed by atoms with van der Waals surface area (Å²) < 4.78 is 0. The molecule has 1 aromatic rings. The first-order valence-electron chi connectivity index (χ1n) is 3.68. The Hall–Kier alpha value is -1.51. The van der Waals surface area contributed by atoms with Crippen molar-refractivity contribution < 1.29 is 0 Å². The molecule has 3 nitrogen and oxygen atoms in total. The van der Waals surface area contributed by atoms with Gasteiger partial charge in [0.05, 0.1) is 0 Å². The molecule has 1 aromatic carbocycles. The molecule has 12 heavy (non-hydrogen) atoms. The third-order valence-corrected chi connectivity index (χ3v) is 1.59. The monoisotopic (exact) mass is 162 g/mol. The SMILES string of the molecule is [CH2]c1ccccc1CNC(=N)N. The summed E-state index contributed by atoms with van der Waals surface area (Å²) in [4.78, 5) is 0. The number of nitrogens with two attached hydrogens (primary N) is 1. The maximum Gasteiger partial charge on any atom is 0.185 e. The molecule has 4 N–H and O–H groups in total. The minimum absolute atomic E-state index is 0.0155. The van der Waals surface area contributed by atoms with Crippen LogP contribution in [0.25, 0.3) is 0 Å². The van der Waals surface area contributed by atoms with Gasteiger partial charge in [-0.3, -0.25) is 5.41 Å². The van der Waals surface area contributed by atoms with Gasteiger partial charge in [0.25, 0.3) is 0 Å². The summed E-state index contributed by atoms with van der Waals surface area (Å²) in [6, 6.07) is 7.75. The second-order valence-corrected chi connectivity index (χ2v) is 2.54. The Kier molecular flexibility index (Phi) is 2.69. The van der Waals surface area contributed by atoms with Crippen LogP contribution in [0.3, 0.4) is 0 Å². The van der Waals surface area contributed by atoms with Crippen LogP contribution in [-0.4, -0.2) is 5.96 Å². The molecule has 0 bridgehead atoms. The molecule has 0 aliphatic rings. The van der Waals surface area contributed by atoms with Gasteiger partial charge in [-0.25, -0.2) is 0 Å². The van der Waals surface area contributed by atoms with Crippen molar-refractivity contribution in [3.05, 3.63) is 42.3 Å². The van der Waals surface area contributed by atoms with Crippen molar-refractivity contribution in [2.24, 2.45) is 5.73 Å². The van der Waals surface area contributed by atoms with E-state index in [-0.39, 0.29) is 5.96 Å². The van der Waals surface area contributed by atoms with Crippen LogP contribution in [0.4, 0.5) is 0 Å². The van der Waals surface area contributed by atoms with E-state index in [4.69, 9.17) is 11.1 Å². The van der Waals surface area contributed by atoms with Crippen molar-refractivity contribution >= 4 is 5.96 Å². The van der Waals surface area contributed by atoms with Gasteiger partial charge in [-0.05, 0) is 18.1 Å². The van der Waals surface area contributed by atoms with Gasteiger partial charge in [-0.1, -0.05) is 24.3 Å².